The molecule has 3 nitrogen and oxygen atoms in total. The summed E-state index contributed by atoms with van der Waals surface area (Å²) in [5.41, 5.74) is 2.91. The van der Waals surface area contributed by atoms with Crippen LogP contribution >= 0.6 is 0 Å². The van der Waals surface area contributed by atoms with Crippen molar-refractivity contribution in [2.45, 2.75) is 0 Å². The van der Waals surface area contributed by atoms with Gasteiger partial charge in [-0.1, -0.05) is 103 Å². The van der Waals surface area contributed by atoms with Gasteiger partial charge in [-0.3, -0.25) is 0 Å². The highest BCUT2D eigenvalue weighted by molar-refractivity contribution is 6.26. The van der Waals surface area contributed by atoms with Gasteiger partial charge < -0.3 is 13.7 Å². The topological polar surface area (TPSA) is 14.8 Å². The van der Waals surface area contributed by atoms with E-state index >= 15 is 0 Å². The smallest absolute Gasteiger partial charge is 0.0667 e. The fourth-order valence-electron chi connectivity index (χ4n) is 6.79. The van der Waals surface area contributed by atoms with Crippen LogP contribution in [0.15, 0.2) is 164 Å². The maximum absolute atomic E-state index is 9.98. The first-order chi connectivity index (χ1) is 27.4. The van der Waals surface area contributed by atoms with Crippen LogP contribution in [0.4, 0.5) is 0 Å². The Morgan fingerprint density at radius 1 is 0.356 bits per heavy atom. The van der Waals surface area contributed by atoms with E-state index < -0.39 is 72.5 Å². The lowest BCUT2D eigenvalue weighted by molar-refractivity contribution is 1.14. The van der Waals surface area contributed by atoms with Crippen molar-refractivity contribution in [3.8, 4) is 17.1 Å². The molecule has 0 aliphatic heterocycles. The molecule has 0 unspecified atom stereocenters. The zero-order valence-electron chi connectivity index (χ0n) is 35.5. The van der Waals surface area contributed by atoms with E-state index in [2.05, 4.69) is 4.57 Å². The molecule has 10 rings (SSSR count). The Balaban J connectivity index is 1.45. The van der Waals surface area contributed by atoms with Crippen LogP contribution < -0.4 is 0 Å². The summed E-state index contributed by atoms with van der Waals surface area (Å²) in [5.74, 6) is 0. The number of para-hydroxylation sites is 5. The van der Waals surface area contributed by atoms with Crippen molar-refractivity contribution < 1.29 is 16.4 Å². The van der Waals surface area contributed by atoms with E-state index in [1.54, 1.807) is 4.57 Å². The molecule has 0 bridgehead atoms. The Kier molecular flexibility index (Phi) is 3.20. The van der Waals surface area contributed by atoms with Crippen LogP contribution in [0.5, 0.6) is 0 Å². The number of benzene rings is 7. The minimum Gasteiger partial charge on any atom is -0.309 e. The molecule has 45 heavy (non-hydrogen) atoms. The third-order valence-corrected chi connectivity index (χ3v) is 8.56. The molecule has 0 fully saturated rings. The van der Waals surface area contributed by atoms with Crippen LogP contribution in [0.1, 0.15) is 16.4 Å². The van der Waals surface area contributed by atoms with Crippen molar-refractivity contribution in [3.63, 3.8) is 0 Å². The van der Waals surface area contributed by atoms with Crippen LogP contribution in [0.25, 0.3) is 82.5 Å². The number of fused-ring (bicyclic) bond motifs is 10. The zero-order valence-corrected chi connectivity index (χ0v) is 23.5. The van der Waals surface area contributed by atoms with Gasteiger partial charge in [-0.05, 0) is 60.5 Å². The molecule has 0 aliphatic rings. The minimum atomic E-state index is -0.645. The van der Waals surface area contributed by atoms with Gasteiger partial charge in [0.2, 0.25) is 0 Å². The molecule has 3 heteroatoms. The second-order valence-corrected chi connectivity index (χ2v) is 10.9. The van der Waals surface area contributed by atoms with E-state index in [-0.39, 0.29) is 33.2 Å². The molecule has 0 radical (unpaired) electrons. The van der Waals surface area contributed by atoms with Crippen molar-refractivity contribution in [1.29, 1.82) is 0 Å². The molecule has 3 aromatic heterocycles. The van der Waals surface area contributed by atoms with Gasteiger partial charge in [0, 0.05) is 49.4 Å². The highest BCUT2D eigenvalue weighted by Gasteiger charge is 2.21. The monoisotopic (exact) mass is 585 g/mol. The zero-order chi connectivity index (χ0) is 39.9. The largest absolute Gasteiger partial charge is 0.309 e. The molecular formula is C42H27N3. The summed E-state index contributed by atoms with van der Waals surface area (Å²) in [6, 6.07) is 22.4. The first kappa shape index (κ1) is 15.6. The molecule has 0 saturated heterocycles. The molecule has 7 aromatic carbocycles. The summed E-state index contributed by atoms with van der Waals surface area (Å²) in [7, 11) is 0. The normalized spacial score (nSPS) is 15.7. The average Bonchev–Trinajstić information content (AvgIpc) is 3.87. The quantitative estimate of drug-likeness (QED) is 0.196. The molecule has 210 valence electrons. The summed E-state index contributed by atoms with van der Waals surface area (Å²) >= 11 is 0. The van der Waals surface area contributed by atoms with Crippen LogP contribution in [0, 0.1) is 0 Å². The Morgan fingerprint density at radius 3 is 1.67 bits per heavy atom. The van der Waals surface area contributed by atoms with Crippen LogP contribution in [0.3, 0.4) is 0 Å². The standard InChI is InChI=1S/C42H27N3/c1-2-13-28(14-3-1)43-39-24-11-7-20-35(39)41-40(43)26-25-34-33-19-6-10-23-38(33)45(42(34)41)30-16-12-15-29(27-30)44-36-21-8-4-17-31(36)32-18-5-9-22-37(32)44/h1-27H/i4D,5D,8D,9D,12D,15D,16D,17D,18D,21D,22D,27D. The fourth-order valence-corrected chi connectivity index (χ4v) is 6.79. The second-order valence-electron chi connectivity index (χ2n) is 10.9. The summed E-state index contributed by atoms with van der Waals surface area (Å²) < 4.78 is 113. The van der Waals surface area contributed by atoms with Gasteiger partial charge >= 0.3 is 0 Å². The molecule has 10 aromatic rings. The Labute approximate surface area is 276 Å². The molecule has 0 amide bonds. The minimum absolute atomic E-state index is 0.0853. The van der Waals surface area contributed by atoms with Gasteiger partial charge in [-0.2, -0.15) is 0 Å². The molecule has 0 atom stereocenters. The average molecular weight is 586 g/mol. The Morgan fingerprint density at radius 2 is 0.933 bits per heavy atom. The van der Waals surface area contributed by atoms with E-state index in [1.807, 2.05) is 91.0 Å². The predicted octanol–water partition coefficient (Wildman–Crippen LogP) is 11.0. The molecule has 0 aliphatic carbocycles. The summed E-state index contributed by atoms with van der Waals surface area (Å²) in [5, 5.41) is 2.88. The van der Waals surface area contributed by atoms with Gasteiger partial charge in [-0.15, -0.1) is 0 Å². The first-order valence-electron chi connectivity index (χ1n) is 20.5. The van der Waals surface area contributed by atoms with E-state index in [9.17, 15) is 5.48 Å². The van der Waals surface area contributed by atoms with E-state index in [4.69, 9.17) is 11.0 Å². The highest BCUT2D eigenvalue weighted by Crippen LogP contribution is 2.42. The van der Waals surface area contributed by atoms with Crippen molar-refractivity contribution in [2.24, 2.45) is 0 Å². The maximum atomic E-state index is 9.98. The van der Waals surface area contributed by atoms with E-state index in [1.165, 1.54) is 0 Å². The van der Waals surface area contributed by atoms with Gasteiger partial charge in [0.25, 0.3) is 0 Å². The van der Waals surface area contributed by atoms with Crippen LogP contribution in [0.2, 0.25) is 0 Å². The maximum Gasteiger partial charge on any atom is 0.0667 e. The lowest BCUT2D eigenvalue weighted by Gasteiger charge is -2.13. The number of hydrogen-bond donors (Lipinski definition) is 0. The lowest BCUT2D eigenvalue weighted by Crippen LogP contribution is -1.99. The van der Waals surface area contributed by atoms with Gasteiger partial charge in [0.1, 0.15) is 0 Å². The molecular weight excluding hydrogens is 546 g/mol. The van der Waals surface area contributed by atoms with Crippen LogP contribution in [-0.4, -0.2) is 13.7 Å². The summed E-state index contributed by atoms with van der Waals surface area (Å²) in [4.78, 5) is 0. The summed E-state index contributed by atoms with van der Waals surface area (Å²) in [6.45, 7) is 0. The summed E-state index contributed by atoms with van der Waals surface area (Å²) in [6.07, 6.45) is 0. The molecule has 3 heterocycles. The second kappa shape index (κ2) is 9.22. The van der Waals surface area contributed by atoms with Gasteiger partial charge in [0.15, 0.2) is 0 Å². The highest BCUT2D eigenvalue weighted by atomic mass is 15.0. The Hall–Kier alpha value is -6.06. The molecule has 0 saturated carbocycles. The number of rotatable bonds is 3. The van der Waals surface area contributed by atoms with E-state index in [0.29, 0.717) is 11.0 Å². The molecule has 0 N–H and O–H groups in total. The number of nitrogens with zero attached hydrogens (tertiary/aromatic N) is 3. The van der Waals surface area contributed by atoms with Gasteiger partial charge in [0.05, 0.1) is 49.5 Å². The first-order valence-corrected chi connectivity index (χ1v) is 14.5. The third-order valence-electron chi connectivity index (χ3n) is 8.56. The lowest BCUT2D eigenvalue weighted by atomic mass is 10.1. The van der Waals surface area contributed by atoms with Crippen LogP contribution in [-0.2, 0) is 0 Å². The van der Waals surface area contributed by atoms with Gasteiger partial charge in [-0.25, -0.2) is 0 Å². The van der Waals surface area contributed by atoms with Crippen molar-refractivity contribution in [1.82, 2.24) is 13.7 Å². The fraction of sp³-hybridized carbons (Fsp3) is 0. The number of hydrogen-bond acceptors (Lipinski definition) is 0. The van der Waals surface area contributed by atoms with E-state index in [0.717, 1.165) is 42.8 Å². The predicted molar refractivity (Wildman–Crippen MR) is 189 cm³/mol. The van der Waals surface area contributed by atoms with Crippen molar-refractivity contribution in [3.05, 3.63) is 164 Å². The van der Waals surface area contributed by atoms with Crippen molar-refractivity contribution in [2.75, 3.05) is 0 Å². The van der Waals surface area contributed by atoms with Crippen molar-refractivity contribution >= 4 is 65.4 Å². The third kappa shape index (κ3) is 3.35. The Bertz CT molecular complexity index is 3360. The number of aromatic nitrogens is 3. The SMILES string of the molecule is [2H]c1c([2H])c(-n2c3c([2H])c([2H])c([2H])c([2H])c3c3c([2H])c([2H])c([2H])c([2H])c32)c([2H])c(-n2c3ccccc3c3ccc4c(c5ccccc5n4-c4ccccc4)c32)c1[2H]. The molecule has 0 spiro atoms.